The van der Waals surface area contributed by atoms with Crippen molar-refractivity contribution in [3.05, 3.63) is 65.2 Å². The Kier molecular flexibility index (Phi) is 7.76. The maximum absolute atomic E-state index is 13.1. The summed E-state index contributed by atoms with van der Waals surface area (Å²) < 4.78 is 11.1. The molecule has 0 atom stereocenters. The van der Waals surface area contributed by atoms with Crippen LogP contribution < -0.4 is 10.5 Å². The molecule has 0 radical (unpaired) electrons. The van der Waals surface area contributed by atoms with Crippen molar-refractivity contribution in [3.63, 3.8) is 0 Å². The maximum atomic E-state index is 13.1. The van der Waals surface area contributed by atoms with Gasteiger partial charge in [-0.3, -0.25) is 19.3 Å². The predicted octanol–water partition coefficient (Wildman–Crippen LogP) is 0.981. The third-order valence-corrected chi connectivity index (χ3v) is 6.10. The van der Waals surface area contributed by atoms with Crippen LogP contribution in [0.4, 0.5) is 0 Å². The van der Waals surface area contributed by atoms with Crippen LogP contribution in [-0.4, -0.2) is 91.4 Å². The number of para-hydroxylation sites is 1. The number of nitrogens with two attached hydrogens (primary N) is 1. The van der Waals surface area contributed by atoms with Gasteiger partial charge in [0.15, 0.2) is 0 Å². The van der Waals surface area contributed by atoms with Gasteiger partial charge in [0.1, 0.15) is 12.4 Å². The molecule has 2 heterocycles. The predicted molar refractivity (Wildman–Crippen MR) is 125 cm³/mol. The molecule has 0 spiro atoms. The molecule has 4 rings (SSSR count). The number of carbonyl (C=O) groups excluding carboxylic acids is 3. The molecule has 2 fully saturated rings. The van der Waals surface area contributed by atoms with Gasteiger partial charge in [-0.25, -0.2) is 0 Å². The van der Waals surface area contributed by atoms with Crippen molar-refractivity contribution < 1.29 is 23.9 Å². The van der Waals surface area contributed by atoms with Crippen LogP contribution in [0.3, 0.4) is 0 Å². The minimum Gasteiger partial charge on any atom is -0.488 e. The molecule has 0 bridgehead atoms. The Morgan fingerprint density at radius 1 is 0.882 bits per heavy atom. The van der Waals surface area contributed by atoms with Gasteiger partial charge in [-0.05, 0) is 29.8 Å². The van der Waals surface area contributed by atoms with Crippen molar-refractivity contribution in [2.24, 2.45) is 5.73 Å². The van der Waals surface area contributed by atoms with E-state index in [2.05, 4.69) is 4.90 Å². The minimum atomic E-state index is -0.554. The van der Waals surface area contributed by atoms with Crippen LogP contribution in [-0.2, 0) is 16.1 Å². The fraction of sp³-hybridized carbons (Fsp3) is 0.400. The van der Waals surface area contributed by atoms with E-state index >= 15 is 0 Å². The zero-order chi connectivity index (χ0) is 23.9. The molecule has 180 valence electrons. The Morgan fingerprint density at radius 3 is 2.32 bits per heavy atom. The lowest BCUT2D eigenvalue weighted by Gasteiger charge is -2.36. The Hall–Kier alpha value is -3.43. The van der Waals surface area contributed by atoms with Crippen LogP contribution in [0.5, 0.6) is 5.75 Å². The number of amides is 3. The van der Waals surface area contributed by atoms with Gasteiger partial charge in [0.2, 0.25) is 5.91 Å². The Bertz CT molecular complexity index is 1030. The molecule has 0 aliphatic carbocycles. The number of morpholine rings is 1. The normalized spacial score (nSPS) is 16.8. The van der Waals surface area contributed by atoms with E-state index in [0.29, 0.717) is 62.8 Å². The SMILES string of the molecule is NC(=O)c1ccccc1OCc1cccc(C(=O)N2CCN(C(=O)CN3CCOCC3)CC2)c1. The van der Waals surface area contributed by atoms with E-state index in [0.717, 1.165) is 18.7 Å². The average Bonchev–Trinajstić information content (AvgIpc) is 2.88. The van der Waals surface area contributed by atoms with Crippen molar-refractivity contribution in [2.45, 2.75) is 6.61 Å². The van der Waals surface area contributed by atoms with Crippen molar-refractivity contribution in [1.82, 2.24) is 14.7 Å². The molecular formula is C25H30N4O5. The maximum Gasteiger partial charge on any atom is 0.253 e. The third kappa shape index (κ3) is 5.92. The van der Waals surface area contributed by atoms with Crippen molar-refractivity contribution in [1.29, 1.82) is 0 Å². The molecule has 9 heteroatoms. The molecule has 9 nitrogen and oxygen atoms in total. The number of primary amides is 1. The van der Waals surface area contributed by atoms with E-state index in [1.165, 1.54) is 0 Å². The summed E-state index contributed by atoms with van der Waals surface area (Å²) in [5.41, 5.74) is 7.10. The molecule has 2 saturated heterocycles. The highest BCUT2D eigenvalue weighted by Crippen LogP contribution is 2.19. The Labute approximate surface area is 199 Å². The van der Waals surface area contributed by atoms with Crippen molar-refractivity contribution >= 4 is 17.7 Å². The minimum absolute atomic E-state index is 0.0698. The Balaban J connectivity index is 1.30. The van der Waals surface area contributed by atoms with Gasteiger partial charge < -0.3 is 25.0 Å². The van der Waals surface area contributed by atoms with Crippen LogP contribution >= 0.6 is 0 Å². The van der Waals surface area contributed by atoms with E-state index in [1.54, 1.807) is 41.3 Å². The summed E-state index contributed by atoms with van der Waals surface area (Å²) in [4.78, 5) is 43.0. The van der Waals surface area contributed by atoms with Crippen LogP contribution in [0, 0.1) is 0 Å². The van der Waals surface area contributed by atoms with E-state index in [4.69, 9.17) is 15.2 Å². The molecule has 0 unspecified atom stereocenters. The van der Waals surface area contributed by atoms with Gasteiger partial charge in [-0.1, -0.05) is 24.3 Å². The molecule has 2 aliphatic heterocycles. The molecular weight excluding hydrogens is 436 g/mol. The van der Waals surface area contributed by atoms with Crippen molar-refractivity contribution in [2.75, 3.05) is 59.0 Å². The van der Waals surface area contributed by atoms with E-state index in [-0.39, 0.29) is 18.4 Å². The van der Waals surface area contributed by atoms with Crippen LogP contribution in [0.25, 0.3) is 0 Å². The van der Waals surface area contributed by atoms with Crippen LogP contribution in [0.2, 0.25) is 0 Å². The highest BCUT2D eigenvalue weighted by molar-refractivity contribution is 5.95. The number of hydrogen-bond donors (Lipinski definition) is 1. The molecule has 0 saturated carbocycles. The second-order valence-corrected chi connectivity index (χ2v) is 8.41. The van der Waals surface area contributed by atoms with Crippen molar-refractivity contribution in [3.8, 4) is 5.75 Å². The van der Waals surface area contributed by atoms with Gasteiger partial charge in [-0.2, -0.15) is 0 Å². The molecule has 2 N–H and O–H groups in total. The molecule has 34 heavy (non-hydrogen) atoms. The zero-order valence-electron chi connectivity index (χ0n) is 19.2. The number of hydrogen-bond acceptors (Lipinski definition) is 6. The smallest absolute Gasteiger partial charge is 0.253 e. The first-order valence-electron chi connectivity index (χ1n) is 11.5. The number of ether oxygens (including phenoxy) is 2. The standard InChI is InChI=1S/C25H30N4O5/c26-24(31)21-6-1-2-7-22(21)34-18-19-4-3-5-20(16-19)25(32)29-10-8-28(9-11-29)23(30)17-27-12-14-33-15-13-27/h1-7,16H,8-15,17-18H2,(H2,26,31). The molecule has 3 amide bonds. The quantitative estimate of drug-likeness (QED) is 0.652. The molecule has 2 aliphatic rings. The van der Waals surface area contributed by atoms with Gasteiger partial charge in [0.25, 0.3) is 11.8 Å². The summed E-state index contributed by atoms with van der Waals surface area (Å²) in [6.45, 7) is 5.54. The van der Waals surface area contributed by atoms with E-state index < -0.39 is 5.91 Å². The highest BCUT2D eigenvalue weighted by atomic mass is 16.5. The largest absolute Gasteiger partial charge is 0.488 e. The summed E-state index contributed by atoms with van der Waals surface area (Å²) in [6, 6.07) is 14.1. The summed E-state index contributed by atoms with van der Waals surface area (Å²) in [6.07, 6.45) is 0. The number of nitrogens with zero attached hydrogens (tertiary/aromatic N) is 3. The van der Waals surface area contributed by atoms with Gasteiger partial charge >= 0.3 is 0 Å². The topological polar surface area (TPSA) is 105 Å². The second kappa shape index (κ2) is 11.1. The summed E-state index contributed by atoms with van der Waals surface area (Å²) in [7, 11) is 0. The molecule has 2 aromatic rings. The van der Waals surface area contributed by atoms with E-state index in [1.807, 2.05) is 17.0 Å². The number of rotatable bonds is 7. The zero-order valence-corrected chi connectivity index (χ0v) is 19.2. The summed E-state index contributed by atoms with van der Waals surface area (Å²) in [5, 5.41) is 0. The fourth-order valence-corrected chi connectivity index (χ4v) is 4.14. The monoisotopic (exact) mass is 466 g/mol. The molecule has 2 aromatic carbocycles. The number of carbonyl (C=O) groups is 3. The first kappa shape index (κ1) is 23.7. The van der Waals surface area contributed by atoms with Crippen LogP contribution in [0.1, 0.15) is 26.3 Å². The third-order valence-electron chi connectivity index (χ3n) is 6.10. The Morgan fingerprint density at radius 2 is 1.59 bits per heavy atom. The van der Waals surface area contributed by atoms with Gasteiger partial charge in [0.05, 0.1) is 25.3 Å². The van der Waals surface area contributed by atoms with Gasteiger partial charge in [0, 0.05) is 44.8 Å². The lowest BCUT2D eigenvalue weighted by molar-refractivity contribution is -0.134. The fourth-order valence-electron chi connectivity index (χ4n) is 4.14. The lowest BCUT2D eigenvalue weighted by atomic mass is 10.1. The lowest BCUT2D eigenvalue weighted by Crippen LogP contribution is -2.53. The van der Waals surface area contributed by atoms with E-state index in [9.17, 15) is 14.4 Å². The summed E-state index contributed by atoms with van der Waals surface area (Å²) in [5.74, 6) is -0.115. The number of benzene rings is 2. The first-order chi connectivity index (χ1) is 16.5. The second-order valence-electron chi connectivity index (χ2n) is 8.41. The molecule has 0 aromatic heterocycles. The first-order valence-corrected chi connectivity index (χ1v) is 11.5. The summed E-state index contributed by atoms with van der Waals surface area (Å²) >= 11 is 0. The average molecular weight is 467 g/mol. The van der Waals surface area contributed by atoms with Crippen LogP contribution in [0.15, 0.2) is 48.5 Å². The van der Waals surface area contributed by atoms with Gasteiger partial charge in [-0.15, -0.1) is 0 Å². The number of piperazine rings is 1. The highest BCUT2D eigenvalue weighted by Gasteiger charge is 2.26.